The summed E-state index contributed by atoms with van der Waals surface area (Å²) in [6, 6.07) is 5.00. The standard InChI is InChI=1S/C15H18N4O2S3/c1-15(2,3)12-17-18-13(19(12)4)23-14-16-10-7-6-9(24(5,20)21)8-11(10)22-14/h6-8H,1-5H3. The number of rotatable bonds is 3. The highest BCUT2D eigenvalue weighted by Gasteiger charge is 2.23. The minimum atomic E-state index is -3.22. The van der Waals surface area contributed by atoms with E-state index >= 15 is 0 Å². The zero-order chi connectivity index (χ0) is 17.7. The van der Waals surface area contributed by atoms with E-state index in [4.69, 9.17) is 0 Å². The minimum Gasteiger partial charge on any atom is -0.308 e. The number of hydrogen-bond acceptors (Lipinski definition) is 7. The van der Waals surface area contributed by atoms with Crippen molar-refractivity contribution in [2.45, 2.75) is 40.6 Å². The number of aromatic nitrogens is 4. The lowest BCUT2D eigenvalue weighted by Crippen LogP contribution is -2.17. The predicted molar refractivity (Wildman–Crippen MR) is 96.6 cm³/mol. The first kappa shape index (κ1) is 17.4. The van der Waals surface area contributed by atoms with Crippen LogP contribution in [0.3, 0.4) is 0 Å². The number of nitrogens with zero attached hydrogens (tertiary/aromatic N) is 4. The Morgan fingerprint density at radius 2 is 1.92 bits per heavy atom. The Hall–Kier alpha value is -1.45. The monoisotopic (exact) mass is 382 g/mol. The molecule has 0 atom stereocenters. The van der Waals surface area contributed by atoms with Crippen molar-refractivity contribution < 1.29 is 8.42 Å². The summed E-state index contributed by atoms with van der Waals surface area (Å²) in [5.74, 6) is 0.908. The van der Waals surface area contributed by atoms with Crippen molar-refractivity contribution in [2.24, 2.45) is 7.05 Å². The Balaban J connectivity index is 1.95. The molecule has 6 nitrogen and oxygen atoms in total. The van der Waals surface area contributed by atoms with Crippen LogP contribution < -0.4 is 0 Å². The summed E-state index contributed by atoms with van der Waals surface area (Å²) in [5.41, 5.74) is 0.701. The van der Waals surface area contributed by atoms with Crippen LogP contribution in [-0.4, -0.2) is 34.4 Å². The van der Waals surface area contributed by atoms with Crippen molar-refractivity contribution >= 4 is 43.2 Å². The van der Waals surface area contributed by atoms with Crippen LogP contribution in [0.5, 0.6) is 0 Å². The van der Waals surface area contributed by atoms with Crippen LogP contribution in [0.1, 0.15) is 26.6 Å². The minimum absolute atomic E-state index is 0.0848. The molecule has 0 N–H and O–H groups in total. The molecule has 2 heterocycles. The SMILES string of the molecule is Cn1c(Sc2nc3ccc(S(C)(=O)=O)cc3s2)nnc1C(C)(C)C. The van der Waals surface area contributed by atoms with Gasteiger partial charge in [-0.25, -0.2) is 13.4 Å². The van der Waals surface area contributed by atoms with E-state index < -0.39 is 9.84 Å². The summed E-state index contributed by atoms with van der Waals surface area (Å²) in [5, 5.41) is 9.29. The van der Waals surface area contributed by atoms with Gasteiger partial charge in [0.05, 0.1) is 15.1 Å². The molecule has 2 aromatic heterocycles. The van der Waals surface area contributed by atoms with Gasteiger partial charge in [0.15, 0.2) is 19.3 Å². The highest BCUT2D eigenvalue weighted by molar-refractivity contribution is 8.01. The lowest BCUT2D eigenvalue weighted by molar-refractivity contribution is 0.513. The zero-order valence-electron chi connectivity index (χ0n) is 14.1. The van der Waals surface area contributed by atoms with Crippen molar-refractivity contribution in [3.8, 4) is 0 Å². The molecule has 24 heavy (non-hydrogen) atoms. The maximum absolute atomic E-state index is 11.7. The predicted octanol–water partition coefficient (Wildman–Crippen LogP) is 3.28. The quantitative estimate of drug-likeness (QED) is 0.692. The number of sulfone groups is 1. The van der Waals surface area contributed by atoms with E-state index in [1.807, 2.05) is 11.6 Å². The average molecular weight is 383 g/mol. The summed E-state index contributed by atoms with van der Waals surface area (Å²) in [6.45, 7) is 6.28. The van der Waals surface area contributed by atoms with Crippen LogP contribution in [-0.2, 0) is 22.3 Å². The molecule has 0 aliphatic rings. The second-order valence-corrected chi connectivity index (χ2v) is 10.9. The lowest BCUT2D eigenvalue weighted by atomic mass is 9.96. The zero-order valence-corrected chi connectivity index (χ0v) is 16.5. The Morgan fingerprint density at radius 3 is 2.50 bits per heavy atom. The summed E-state index contributed by atoms with van der Waals surface area (Å²) >= 11 is 2.89. The summed E-state index contributed by atoms with van der Waals surface area (Å²) in [4.78, 5) is 4.86. The first-order chi connectivity index (χ1) is 11.1. The van der Waals surface area contributed by atoms with Gasteiger partial charge in [0.2, 0.25) is 0 Å². The molecule has 0 spiro atoms. The van der Waals surface area contributed by atoms with Crippen LogP contribution in [0.4, 0.5) is 0 Å². The topological polar surface area (TPSA) is 77.7 Å². The molecule has 0 amide bonds. The van der Waals surface area contributed by atoms with E-state index in [1.165, 1.54) is 29.4 Å². The first-order valence-corrected chi connectivity index (χ1v) is 10.8. The molecule has 0 saturated heterocycles. The smallest absolute Gasteiger partial charge is 0.198 e. The van der Waals surface area contributed by atoms with Gasteiger partial charge in [-0.1, -0.05) is 20.8 Å². The lowest BCUT2D eigenvalue weighted by Gasteiger charge is -2.16. The molecule has 128 valence electrons. The van der Waals surface area contributed by atoms with Gasteiger partial charge in [0.1, 0.15) is 5.82 Å². The largest absolute Gasteiger partial charge is 0.308 e. The number of fused-ring (bicyclic) bond motifs is 1. The molecule has 0 unspecified atom stereocenters. The van der Waals surface area contributed by atoms with Crippen LogP contribution >= 0.6 is 23.1 Å². The molecule has 1 aromatic carbocycles. The molecule has 3 rings (SSSR count). The third-order valence-corrected chi connectivity index (χ3v) is 6.68. The van der Waals surface area contributed by atoms with Crippen LogP contribution in [0.15, 0.2) is 32.6 Å². The van der Waals surface area contributed by atoms with Gasteiger partial charge in [-0.15, -0.1) is 21.5 Å². The molecule has 9 heteroatoms. The third-order valence-electron chi connectivity index (χ3n) is 3.45. The number of hydrogen-bond donors (Lipinski definition) is 0. The fraction of sp³-hybridized carbons (Fsp3) is 0.400. The highest BCUT2D eigenvalue weighted by atomic mass is 32.2. The van der Waals surface area contributed by atoms with Gasteiger partial charge in [-0.05, 0) is 30.0 Å². The third kappa shape index (κ3) is 3.33. The second-order valence-electron chi connectivity index (χ2n) is 6.60. The maximum atomic E-state index is 11.7. The van der Waals surface area contributed by atoms with Gasteiger partial charge < -0.3 is 4.57 Å². The van der Waals surface area contributed by atoms with Crippen molar-refractivity contribution in [3.63, 3.8) is 0 Å². The fourth-order valence-corrected chi connectivity index (χ4v) is 5.02. The summed E-state index contributed by atoms with van der Waals surface area (Å²) in [7, 11) is -1.28. The molecule has 0 bridgehead atoms. The van der Waals surface area contributed by atoms with E-state index in [0.717, 1.165) is 25.5 Å². The van der Waals surface area contributed by atoms with Gasteiger partial charge in [0.25, 0.3) is 0 Å². The van der Waals surface area contributed by atoms with Crippen LogP contribution in [0, 0.1) is 0 Å². The fourth-order valence-electron chi connectivity index (χ4n) is 2.29. The van der Waals surface area contributed by atoms with E-state index in [9.17, 15) is 8.42 Å². The van der Waals surface area contributed by atoms with Gasteiger partial charge in [0, 0.05) is 18.7 Å². The molecule has 0 aliphatic carbocycles. The van der Waals surface area contributed by atoms with Gasteiger partial charge in [-0.3, -0.25) is 0 Å². The Labute approximate surface area is 149 Å². The summed E-state index contributed by atoms with van der Waals surface area (Å²) in [6.07, 6.45) is 1.21. The van der Waals surface area contributed by atoms with Crippen molar-refractivity contribution in [1.29, 1.82) is 0 Å². The molecular formula is C15H18N4O2S3. The highest BCUT2D eigenvalue weighted by Crippen LogP contribution is 2.35. The van der Waals surface area contributed by atoms with Crippen molar-refractivity contribution in [1.82, 2.24) is 19.7 Å². The van der Waals surface area contributed by atoms with E-state index in [0.29, 0.717) is 4.90 Å². The van der Waals surface area contributed by atoms with Gasteiger partial charge >= 0.3 is 0 Å². The Bertz CT molecular complexity index is 1010. The number of benzene rings is 1. The van der Waals surface area contributed by atoms with Crippen molar-refractivity contribution in [2.75, 3.05) is 6.26 Å². The average Bonchev–Trinajstić information content (AvgIpc) is 3.00. The summed E-state index contributed by atoms with van der Waals surface area (Å²) < 4.78 is 27.0. The number of thiazole rings is 1. The van der Waals surface area contributed by atoms with E-state index in [2.05, 4.69) is 36.0 Å². The molecular weight excluding hydrogens is 364 g/mol. The normalized spacial score (nSPS) is 12.9. The van der Waals surface area contributed by atoms with Crippen LogP contribution in [0.25, 0.3) is 10.2 Å². The van der Waals surface area contributed by atoms with Crippen LogP contribution in [0.2, 0.25) is 0 Å². The first-order valence-electron chi connectivity index (χ1n) is 7.24. The van der Waals surface area contributed by atoms with E-state index in [1.54, 1.807) is 18.2 Å². The molecule has 0 saturated carbocycles. The second kappa shape index (κ2) is 5.82. The Kier molecular flexibility index (Phi) is 4.21. The molecule has 3 aromatic rings. The molecule has 0 aliphatic heterocycles. The molecule has 0 radical (unpaired) electrons. The van der Waals surface area contributed by atoms with Gasteiger partial charge in [-0.2, -0.15) is 0 Å². The Morgan fingerprint density at radius 1 is 1.21 bits per heavy atom. The van der Waals surface area contributed by atoms with Crippen molar-refractivity contribution in [3.05, 3.63) is 24.0 Å². The maximum Gasteiger partial charge on any atom is 0.198 e. The molecule has 0 fully saturated rings. The van der Waals surface area contributed by atoms with E-state index in [-0.39, 0.29) is 5.41 Å².